The molecule has 0 amide bonds. The fraction of sp³-hybridized carbons (Fsp3) is 0.988. The van der Waals surface area contributed by atoms with Crippen LogP contribution >= 0.6 is 0 Å². The number of carbonyl (C=O) groups excluding carboxylic acids is 1. The average molecular weight is 1300 g/mol. The first-order valence-corrected chi connectivity index (χ1v) is 43.1. The van der Waals surface area contributed by atoms with Crippen molar-refractivity contribution in [1.29, 1.82) is 0 Å². The van der Waals surface area contributed by atoms with Gasteiger partial charge in [-0.3, -0.25) is 4.79 Å². The zero-order chi connectivity index (χ0) is 66.9. The van der Waals surface area contributed by atoms with Gasteiger partial charge in [0.1, 0.15) is 17.8 Å². The van der Waals surface area contributed by atoms with Crippen LogP contribution in [0.5, 0.6) is 0 Å². The van der Waals surface area contributed by atoms with E-state index in [0.717, 1.165) is 89.9 Å². The van der Waals surface area contributed by atoms with Gasteiger partial charge in [0.2, 0.25) is 0 Å². The van der Waals surface area contributed by atoms with Crippen LogP contribution in [0.25, 0.3) is 0 Å². The van der Waals surface area contributed by atoms with Gasteiger partial charge in [0, 0.05) is 19.6 Å². The highest BCUT2D eigenvalue weighted by molar-refractivity contribution is 5.89. The Bertz CT molecular complexity index is 1390. The van der Waals surface area contributed by atoms with Crippen LogP contribution in [0.4, 0.5) is 0 Å². The van der Waals surface area contributed by atoms with Crippen molar-refractivity contribution >= 4 is 5.78 Å². The standard InChI is InChI=1S/C86H172O6/c1-6-11-16-21-26-31-36-41-46-51-56-61-66-71-76-83(89)85(77-72-67-62-57-52-47-42-37-32-27-22-17-12-7-2,91-79-74-69-64-59-54-49-44-39-34-29-24-19-14-9-4)86(84(90)82(88)81-87,78-73-68-63-58-53-48-43-38-33-28-23-18-13-8-3)92-80-75-70-65-60-55-50-45-40-35-30-25-20-15-10-5/h82,84,87-88,90H,6-81H2,1-5H3/t82-,84-,85+,86+/m1/s1. The third-order valence-corrected chi connectivity index (χ3v) is 21.4. The molecule has 0 bridgehead atoms. The lowest BCUT2D eigenvalue weighted by Gasteiger charge is -2.52. The van der Waals surface area contributed by atoms with Crippen molar-refractivity contribution in [1.82, 2.24) is 0 Å². The smallest absolute Gasteiger partial charge is 0.167 e. The van der Waals surface area contributed by atoms with E-state index in [0.29, 0.717) is 32.5 Å². The van der Waals surface area contributed by atoms with Crippen molar-refractivity contribution in [3.05, 3.63) is 0 Å². The minimum Gasteiger partial charge on any atom is -0.394 e. The number of carbonyl (C=O) groups is 1. The second-order valence-electron chi connectivity index (χ2n) is 30.3. The molecule has 0 rings (SSSR count). The topological polar surface area (TPSA) is 96.2 Å². The molecule has 3 N–H and O–H groups in total. The molecule has 0 aromatic carbocycles. The van der Waals surface area contributed by atoms with E-state index in [9.17, 15) is 15.3 Å². The lowest BCUT2D eigenvalue weighted by molar-refractivity contribution is -0.263. The molecule has 0 saturated carbocycles. The summed E-state index contributed by atoms with van der Waals surface area (Å²) >= 11 is 0. The monoisotopic (exact) mass is 1300 g/mol. The summed E-state index contributed by atoms with van der Waals surface area (Å²) in [4.78, 5) is 16.0. The normalized spacial score (nSPS) is 13.9. The first kappa shape index (κ1) is 91.5. The number of ether oxygens (including phenoxy) is 2. The van der Waals surface area contributed by atoms with E-state index in [2.05, 4.69) is 34.6 Å². The van der Waals surface area contributed by atoms with Gasteiger partial charge in [-0.25, -0.2) is 0 Å². The maximum atomic E-state index is 16.0. The molecule has 0 aliphatic rings. The zero-order valence-corrected chi connectivity index (χ0v) is 64.0. The van der Waals surface area contributed by atoms with Gasteiger partial charge >= 0.3 is 0 Å². The Kier molecular flexibility index (Phi) is 74.3. The third kappa shape index (κ3) is 55.4. The Labute approximate surface area is 579 Å². The maximum absolute atomic E-state index is 16.0. The van der Waals surface area contributed by atoms with Crippen LogP contribution in [-0.4, -0.2) is 64.3 Å². The van der Waals surface area contributed by atoms with Crippen LogP contribution in [0.1, 0.15) is 503 Å². The predicted molar refractivity (Wildman–Crippen MR) is 407 cm³/mol. The molecule has 0 aliphatic carbocycles. The molecule has 92 heavy (non-hydrogen) atoms. The van der Waals surface area contributed by atoms with Crippen molar-refractivity contribution in [3.8, 4) is 0 Å². The van der Waals surface area contributed by atoms with E-state index in [-0.39, 0.29) is 5.78 Å². The molecule has 0 aromatic heterocycles. The molecule has 0 spiro atoms. The average Bonchev–Trinajstić information content (AvgIpc) is 0.750. The summed E-state index contributed by atoms with van der Waals surface area (Å²) in [5.74, 6) is 0.0759. The number of Topliss-reactive ketones (excluding diaryl/α,β-unsaturated/α-hetero) is 1. The summed E-state index contributed by atoms with van der Waals surface area (Å²) in [5.41, 5.74) is -2.89. The molecular weight excluding hydrogens is 1130 g/mol. The number of aliphatic hydroxyl groups is 3. The van der Waals surface area contributed by atoms with Crippen LogP contribution in [-0.2, 0) is 14.3 Å². The van der Waals surface area contributed by atoms with Crippen molar-refractivity contribution in [3.63, 3.8) is 0 Å². The van der Waals surface area contributed by atoms with Gasteiger partial charge in [0.05, 0.1) is 6.61 Å². The van der Waals surface area contributed by atoms with Crippen LogP contribution in [0.2, 0.25) is 0 Å². The molecule has 0 aromatic rings. The fourth-order valence-corrected chi connectivity index (χ4v) is 15.1. The Morgan fingerprint density at radius 3 is 0.696 bits per heavy atom. The number of ketones is 1. The van der Waals surface area contributed by atoms with Gasteiger partial charge < -0.3 is 24.8 Å². The minimum absolute atomic E-state index is 0.0759. The lowest BCUT2D eigenvalue weighted by atomic mass is 9.67. The van der Waals surface area contributed by atoms with Gasteiger partial charge in [-0.05, 0) is 38.5 Å². The first-order chi connectivity index (χ1) is 45.4. The molecule has 0 heterocycles. The summed E-state index contributed by atoms with van der Waals surface area (Å²) in [6.45, 7) is 11.8. The number of unbranched alkanes of at least 4 members (excludes halogenated alkanes) is 65. The Morgan fingerprint density at radius 2 is 0.457 bits per heavy atom. The van der Waals surface area contributed by atoms with E-state index in [1.807, 2.05) is 0 Å². The number of aliphatic hydroxyl groups excluding tert-OH is 3. The predicted octanol–water partition coefficient (Wildman–Crippen LogP) is 28.4. The SMILES string of the molecule is CCCCCCCCCCCCCCCCO[C@@](CCCCCCCCCCCCCCCC)(C(=O)CCCCCCCCCCCCCCCC)[C@@](CCCCCCCCCCCCCCCC)(OCCCCCCCCCCCCCCCC)[C@H](O)[C@H](O)CO. The van der Waals surface area contributed by atoms with E-state index in [1.165, 1.54) is 360 Å². The highest BCUT2D eigenvalue weighted by atomic mass is 16.6. The van der Waals surface area contributed by atoms with Crippen LogP contribution in [0.3, 0.4) is 0 Å². The number of hydrogen-bond donors (Lipinski definition) is 3. The number of hydrogen-bond acceptors (Lipinski definition) is 6. The van der Waals surface area contributed by atoms with Gasteiger partial charge in [-0.15, -0.1) is 0 Å². The molecule has 552 valence electrons. The quantitative estimate of drug-likeness (QED) is 0.0525. The molecule has 6 nitrogen and oxygen atoms in total. The van der Waals surface area contributed by atoms with E-state index < -0.39 is 30.0 Å². The van der Waals surface area contributed by atoms with Crippen molar-refractivity contribution in [2.75, 3.05) is 19.8 Å². The van der Waals surface area contributed by atoms with E-state index in [1.54, 1.807) is 0 Å². The Hall–Kier alpha value is -0.530. The maximum Gasteiger partial charge on any atom is 0.167 e. The molecular formula is C86H172O6. The van der Waals surface area contributed by atoms with Gasteiger partial charge in [-0.1, -0.05) is 458 Å². The van der Waals surface area contributed by atoms with Crippen molar-refractivity contribution in [2.24, 2.45) is 0 Å². The van der Waals surface area contributed by atoms with Gasteiger partial charge in [0.15, 0.2) is 11.4 Å². The third-order valence-electron chi connectivity index (χ3n) is 21.4. The Balaban J connectivity index is 6.74. The first-order valence-electron chi connectivity index (χ1n) is 43.1. The van der Waals surface area contributed by atoms with Crippen molar-refractivity contribution < 1.29 is 29.6 Å². The molecule has 4 atom stereocenters. The molecule has 0 fully saturated rings. The summed E-state index contributed by atoms with van der Waals surface area (Å²) in [6, 6.07) is 0. The molecule has 0 saturated heterocycles. The molecule has 0 unspecified atom stereocenters. The minimum atomic E-state index is -1.47. The van der Waals surface area contributed by atoms with Crippen LogP contribution in [0, 0.1) is 0 Å². The highest BCUT2D eigenvalue weighted by Gasteiger charge is 2.62. The lowest BCUT2D eigenvalue weighted by Crippen LogP contribution is -2.70. The highest BCUT2D eigenvalue weighted by Crippen LogP contribution is 2.45. The van der Waals surface area contributed by atoms with E-state index in [4.69, 9.17) is 9.47 Å². The largest absolute Gasteiger partial charge is 0.394 e. The van der Waals surface area contributed by atoms with Gasteiger partial charge in [-0.2, -0.15) is 0 Å². The molecule has 6 heteroatoms. The van der Waals surface area contributed by atoms with Crippen LogP contribution < -0.4 is 0 Å². The summed E-state index contributed by atoms with van der Waals surface area (Å²) in [5, 5.41) is 35.8. The summed E-state index contributed by atoms with van der Waals surface area (Å²) < 4.78 is 14.9. The van der Waals surface area contributed by atoms with Gasteiger partial charge in [0.25, 0.3) is 0 Å². The fourth-order valence-electron chi connectivity index (χ4n) is 15.1. The second-order valence-corrected chi connectivity index (χ2v) is 30.3. The van der Waals surface area contributed by atoms with E-state index >= 15 is 4.79 Å². The second kappa shape index (κ2) is 74.7. The number of rotatable bonds is 82. The molecule has 0 radical (unpaired) electrons. The van der Waals surface area contributed by atoms with Crippen LogP contribution in [0.15, 0.2) is 0 Å². The Morgan fingerprint density at radius 1 is 0.261 bits per heavy atom. The molecule has 0 aliphatic heterocycles. The zero-order valence-electron chi connectivity index (χ0n) is 64.0. The van der Waals surface area contributed by atoms with Crippen molar-refractivity contribution in [2.45, 2.75) is 527 Å². The summed E-state index contributed by atoms with van der Waals surface area (Å²) in [7, 11) is 0. The summed E-state index contributed by atoms with van der Waals surface area (Å²) in [6.07, 6.45) is 87.2.